The van der Waals surface area contributed by atoms with Crippen LogP contribution in [0.1, 0.15) is 18.1 Å². The maximum absolute atomic E-state index is 14.1. The van der Waals surface area contributed by atoms with Gasteiger partial charge in [-0.3, -0.25) is 4.57 Å². The second-order valence-electron chi connectivity index (χ2n) is 6.81. The Morgan fingerprint density at radius 2 is 1.67 bits per heavy atom. The van der Waals surface area contributed by atoms with Crippen molar-refractivity contribution in [2.24, 2.45) is 0 Å². The molecule has 0 saturated carbocycles. The van der Waals surface area contributed by atoms with E-state index in [2.05, 4.69) is 29.3 Å². The van der Waals surface area contributed by atoms with E-state index in [1.807, 2.05) is 54.0 Å². The summed E-state index contributed by atoms with van der Waals surface area (Å²) < 4.78 is 21.6. The first-order chi connectivity index (χ1) is 14.7. The van der Waals surface area contributed by atoms with Gasteiger partial charge in [0.2, 0.25) is 0 Å². The highest BCUT2D eigenvalue weighted by Gasteiger charge is 2.17. The molecule has 0 unspecified atom stereocenters. The van der Waals surface area contributed by atoms with E-state index in [1.165, 1.54) is 23.4 Å². The van der Waals surface area contributed by atoms with Crippen molar-refractivity contribution in [1.82, 2.24) is 14.8 Å². The molecular formula is C24H22FN3OS. The lowest BCUT2D eigenvalue weighted by Gasteiger charge is -2.12. The minimum atomic E-state index is -0.212. The summed E-state index contributed by atoms with van der Waals surface area (Å²) in [5, 5.41) is 9.58. The van der Waals surface area contributed by atoms with Crippen LogP contribution in [0, 0.1) is 12.7 Å². The van der Waals surface area contributed by atoms with E-state index < -0.39 is 0 Å². The van der Waals surface area contributed by atoms with Gasteiger partial charge in [0.05, 0.1) is 6.61 Å². The van der Waals surface area contributed by atoms with Crippen molar-refractivity contribution >= 4 is 11.8 Å². The standard InChI is InChI=1S/C24H22FN3OS/c1-3-29-21-14-12-20(13-15-21)28-23(18-10-8-17(2)9-11-18)26-27-24(28)30-16-19-6-4-5-7-22(19)25/h4-15H,3,16H2,1-2H3. The average Bonchev–Trinajstić information content (AvgIpc) is 3.18. The van der Waals surface area contributed by atoms with E-state index >= 15 is 0 Å². The van der Waals surface area contributed by atoms with Gasteiger partial charge in [-0.1, -0.05) is 59.8 Å². The summed E-state index contributed by atoms with van der Waals surface area (Å²) in [6, 6.07) is 22.8. The Hall–Kier alpha value is -3.12. The van der Waals surface area contributed by atoms with Gasteiger partial charge in [0.15, 0.2) is 11.0 Å². The highest BCUT2D eigenvalue weighted by molar-refractivity contribution is 7.98. The van der Waals surface area contributed by atoms with Gasteiger partial charge in [-0.2, -0.15) is 0 Å². The summed E-state index contributed by atoms with van der Waals surface area (Å²) >= 11 is 1.46. The molecule has 3 aromatic carbocycles. The molecule has 6 heteroatoms. The summed E-state index contributed by atoms with van der Waals surface area (Å²) in [6.07, 6.45) is 0. The largest absolute Gasteiger partial charge is 0.494 e. The van der Waals surface area contributed by atoms with Crippen LogP contribution in [0.25, 0.3) is 17.1 Å². The van der Waals surface area contributed by atoms with Crippen molar-refractivity contribution in [3.63, 3.8) is 0 Å². The van der Waals surface area contributed by atoms with E-state index in [4.69, 9.17) is 4.74 Å². The summed E-state index contributed by atoms with van der Waals surface area (Å²) in [5.74, 6) is 1.81. The number of nitrogens with zero attached hydrogens (tertiary/aromatic N) is 3. The van der Waals surface area contributed by atoms with Crippen molar-refractivity contribution in [3.05, 3.63) is 89.7 Å². The molecule has 4 aromatic rings. The highest BCUT2D eigenvalue weighted by atomic mass is 32.2. The lowest BCUT2D eigenvalue weighted by Crippen LogP contribution is -2.00. The molecule has 0 aliphatic heterocycles. The van der Waals surface area contributed by atoms with Gasteiger partial charge in [0, 0.05) is 17.0 Å². The summed E-state index contributed by atoms with van der Waals surface area (Å²) in [6.45, 7) is 4.63. The molecule has 0 aliphatic carbocycles. The third-order valence-corrected chi connectivity index (χ3v) is 5.64. The van der Waals surface area contributed by atoms with E-state index in [9.17, 15) is 4.39 Å². The summed E-state index contributed by atoms with van der Waals surface area (Å²) in [4.78, 5) is 0. The van der Waals surface area contributed by atoms with Gasteiger partial charge in [-0.25, -0.2) is 4.39 Å². The Kier molecular flexibility index (Phi) is 6.14. The maximum atomic E-state index is 14.1. The van der Waals surface area contributed by atoms with Crippen LogP contribution in [-0.2, 0) is 5.75 Å². The second kappa shape index (κ2) is 9.13. The molecule has 0 spiro atoms. The molecule has 0 bridgehead atoms. The minimum Gasteiger partial charge on any atom is -0.494 e. The molecule has 0 fully saturated rings. The molecule has 0 saturated heterocycles. The number of rotatable bonds is 7. The van der Waals surface area contributed by atoms with E-state index in [0.717, 1.165) is 22.8 Å². The normalized spacial score (nSPS) is 10.9. The lowest BCUT2D eigenvalue weighted by molar-refractivity contribution is 0.340. The van der Waals surface area contributed by atoms with Crippen molar-refractivity contribution in [2.45, 2.75) is 24.8 Å². The van der Waals surface area contributed by atoms with Gasteiger partial charge in [-0.05, 0) is 49.7 Å². The Labute approximate surface area is 179 Å². The molecule has 30 heavy (non-hydrogen) atoms. The van der Waals surface area contributed by atoms with Crippen LogP contribution in [0.4, 0.5) is 4.39 Å². The number of aryl methyl sites for hydroxylation is 1. The molecule has 4 nitrogen and oxygen atoms in total. The van der Waals surface area contributed by atoms with Crippen molar-refractivity contribution in [1.29, 1.82) is 0 Å². The SMILES string of the molecule is CCOc1ccc(-n2c(SCc3ccccc3F)nnc2-c2ccc(C)cc2)cc1. The molecule has 1 heterocycles. The first-order valence-corrected chi connectivity index (χ1v) is 10.8. The van der Waals surface area contributed by atoms with Gasteiger partial charge < -0.3 is 4.74 Å². The van der Waals surface area contributed by atoms with E-state index in [1.54, 1.807) is 12.1 Å². The second-order valence-corrected chi connectivity index (χ2v) is 7.76. The van der Waals surface area contributed by atoms with Crippen molar-refractivity contribution < 1.29 is 9.13 Å². The average molecular weight is 420 g/mol. The van der Waals surface area contributed by atoms with Gasteiger partial charge in [0.1, 0.15) is 11.6 Å². The van der Waals surface area contributed by atoms with Gasteiger partial charge in [-0.15, -0.1) is 10.2 Å². The molecule has 0 radical (unpaired) electrons. The number of thioether (sulfide) groups is 1. The topological polar surface area (TPSA) is 39.9 Å². The summed E-state index contributed by atoms with van der Waals surface area (Å²) in [7, 11) is 0. The molecule has 0 aliphatic rings. The molecular weight excluding hydrogens is 397 g/mol. The zero-order chi connectivity index (χ0) is 20.9. The van der Waals surface area contributed by atoms with Gasteiger partial charge in [0.25, 0.3) is 0 Å². The Balaban J connectivity index is 1.72. The quantitative estimate of drug-likeness (QED) is 0.341. The monoisotopic (exact) mass is 419 g/mol. The van der Waals surface area contributed by atoms with Gasteiger partial charge >= 0.3 is 0 Å². The van der Waals surface area contributed by atoms with Crippen LogP contribution in [0.15, 0.2) is 78.0 Å². The minimum absolute atomic E-state index is 0.212. The third kappa shape index (κ3) is 4.39. The van der Waals surface area contributed by atoms with Crippen LogP contribution in [-0.4, -0.2) is 21.4 Å². The fourth-order valence-electron chi connectivity index (χ4n) is 3.10. The fraction of sp³-hybridized carbons (Fsp3) is 0.167. The van der Waals surface area contributed by atoms with Crippen LogP contribution in [0.3, 0.4) is 0 Å². The predicted octanol–water partition coefficient (Wildman–Crippen LogP) is 6.07. The molecule has 1 aromatic heterocycles. The number of ether oxygens (including phenoxy) is 1. The molecule has 4 rings (SSSR count). The first kappa shape index (κ1) is 20.2. The molecule has 152 valence electrons. The maximum Gasteiger partial charge on any atom is 0.196 e. The smallest absolute Gasteiger partial charge is 0.196 e. The van der Waals surface area contributed by atoms with Crippen LogP contribution in [0.2, 0.25) is 0 Å². The van der Waals surface area contributed by atoms with Crippen LogP contribution < -0.4 is 4.74 Å². The Bertz CT molecular complexity index is 1120. The van der Waals surface area contributed by atoms with Crippen LogP contribution in [0.5, 0.6) is 5.75 Å². The lowest BCUT2D eigenvalue weighted by atomic mass is 10.1. The Morgan fingerprint density at radius 3 is 2.37 bits per heavy atom. The number of hydrogen-bond acceptors (Lipinski definition) is 4. The Morgan fingerprint density at radius 1 is 0.933 bits per heavy atom. The zero-order valence-corrected chi connectivity index (χ0v) is 17.7. The first-order valence-electron chi connectivity index (χ1n) is 9.77. The number of benzene rings is 3. The molecule has 0 atom stereocenters. The highest BCUT2D eigenvalue weighted by Crippen LogP contribution is 2.31. The number of hydrogen-bond donors (Lipinski definition) is 0. The number of halogens is 1. The van der Waals surface area contributed by atoms with Crippen molar-refractivity contribution in [3.8, 4) is 22.8 Å². The molecule has 0 N–H and O–H groups in total. The fourth-order valence-corrected chi connectivity index (χ4v) is 4.04. The van der Waals surface area contributed by atoms with Crippen molar-refractivity contribution in [2.75, 3.05) is 6.61 Å². The summed E-state index contributed by atoms with van der Waals surface area (Å²) in [5.41, 5.74) is 3.72. The van der Waals surface area contributed by atoms with E-state index in [0.29, 0.717) is 23.1 Å². The van der Waals surface area contributed by atoms with Crippen LogP contribution >= 0.6 is 11.8 Å². The molecule has 0 amide bonds. The zero-order valence-electron chi connectivity index (χ0n) is 16.9. The number of aromatic nitrogens is 3. The third-order valence-electron chi connectivity index (χ3n) is 4.66. The predicted molar refractivity (Wildman–Crippen MR) is 119 cm³/mol. The van der Waals surface area contributed by atoms with E-state index in [-0.39, 0.29) is 5.82 Å².